The molecule has 0 saturated heterocycles. The van der Waals surface area contributed by atoms with Gasteiger partial charge in [0.05, 0.1) is 17.3 Å². The van der Waals surface area contributed by atoms with Gasteiger partial charge < -0.3 is 10.1 Å². The van der Waals surface area contributed by atoms with Crippen molar-refractivity contribution in [1.29, 1.82) is 0 Å². The zero-order valence-electron chi connectivity index (χ0n) is 12.6. The minimum absolute atomic E-state index is 0.352. The van der Waals surface area contributed by atoms with Gasteiger partial charge in [-0.2, -0.15) is 0 Å². The van der Waals surface area contributed by atoms with E-state index in [2.05, 4.69) is 26.1 Å². The van der Waals surface area contributed by atoms with E-state index in [-0.39, 0.29) is 0 Å². The van der Waals surface area contributed by atoms with Crippen molar-refractivity contribution in [3.63, 3.8) is 0 Å². The lowest BCUT2D eigenvalue weighted by Crippen LogP contribution is -2.32. The highest BCUT2D eigenvalue weighted by molar-refractivity contribution is 7.11. The molecular weight excluding hydrogens is 256 g/mol. The summed E-state index contributed by atoms with van der Waals surface area (Å²) in [4.78, 5) is 6.31. The number of aromatic nitrogens is 1. The minimum atomic E-state index is 0.352. The maximum absolute atomic E-state index is 5.44. The fraction of sp³-hybridized carbons (Fsp3) is 0.800. The van der Waals surface area contributed by atoms with Crippen LogP contribution in [0.5, 0.6) is 0 Å². The molecule has 0 aliphatic heterocycles. The Morgan fingerprint density at radius 1 is 1.42 bits per heavy atom. The average molecular weight is 282 g/mol. The Hall–Kier alpha value is -0.450. The number of hydrogen-bond acceptors (Lipinski definition) is 4. The minimum Gasteiger partial charge on any atom is -0.381 e. The van der Waals surface area contributed by atoms with Gasteiger partial charge in [-0.25, -0.2) is 4.98 Å². The van der Waals surface area contributed by atoms with Gasteiger partial charge in [-0.3, -0.25) is 0 Å². The van der Waals surface area contributed by atoms with Crippen molar-refractivity contribution in [3.8, 4) is 0 Å². The lowest BCUT2D eigenvalue weighted by Gasteiger charge is -2.34. The number of fused-ring (bicyclic) bond motifs is 1. The van der Waals surface area contributed by atoms with Gasteiger partial charge in [0.2, 0.25) is 0 Å². The highest BCUT2D eigenvalue weighted by atomic mass is 32.1. The maximum atomic E-state index is 5.44. The predicted octanol–water partition coefficient (Wildman–Crippen LogP) is 3.35. The van der Waals surface area contributed by atoms with Crippen molar-refractivity contribution in [2.45, 2.75) is 53.0 Å². The normalized spacial score (nSPS) is 21.4. The highest BCUT2D eigenvalue weighted by Crippen LogP contribution is 2.42. The second-order valence-electron chi connectivity index (χ2n) is 6.02. The van der Waals surface area contributed by atoms with Gasteiger partial charge in [0.25, 0.3) is 0 Å². The molecule has 1 aliphatic rings. The summed E-state index contributed by atoms with van der Waals surface area (Å²) in [5.74, 6) is 0. The van der Waals surface area contributed by atoms with E-state index in [1.165, 1.54) is 22.0 Å². The summed E-state index contributed by atoms with van der Waals surface area (Å²) in [6.45, 7) is 11.5. The van der Waals surface area contributed by atoms with E-state index >= 15 is 0 Å². The van der Waals surface area contributed by atoms with E-state index in [4.69, 9.17) is 9.72 Å². The molecule has 0 bridgehead atoms. The molecule has 19 heavy (non-hydrogen) atoms. The number of hydrogen-bond donors (Lipinski definition) is 1. The van der Waals surface area contributed by atoms with E-state index in [1.54, 1.807) is 0 Å². The Balaban J connectivity index is 2.13. The van der Waals surface area contributed by atoms with Crippen LogP contribution in [0.1, 0.15) is 55.7 Å². The number of rotatable bonds is 6. The Kier molecular flexibility index (Phi) is 4.98. The fourth-order valence-corrected chi connectivity index (χ4v) is 3.95. The van der Waals surface area contributed by atoms with E-state index in [1.807, 2.05) is 18.3 Å². The molecule has 0 amide bonds. The van der Waals surface area contributed by atoms with Crippen LogP contribution in [-0.2, 0) is 17.6 Å². The van der Waals surface area contributed by atoms with Gasteiger partial charge in [0, 0.05) is 23.9 Å². The van der Waals surface area contributed by atoms with E-state index in [0.717, 1.165) is 32.6 Å². The van der Waals surface area contributed by atoms with Gasteiger partial charge in [0.15, 0.2) is 0 Å². The third-order valence-corrected chi connectivity index (χ3v) is 4.88. The zero-order chi connectivity index (χ0) is 13.9. The van der Waals surface area contributed by atoms with E-state index in [9.17, 15) is 0 Å². The van der Waals surface area contributed by atoms with Crippen molar-refractivity contribution in [2.75, 3.05) is 19.8 Å². The van der Waals surface area contributed by atoms with Crippen molar-refractivity contribution >= 4 is 11.3 Å². The van der Waals surface area contributed by atoms with Crippen LogP contribution >= 0.6 is 11.3 Å². The summed E-state index contributed by atoms with van der Waals surface area (Å²) >= 11 is 1.88. The first-order chi connectivity index (χ1) is 9.05. The summed E-state index contributed by atoms with van der Waals surface area (Å²) in [5, 5.41) is 4.85. The van der Waals surface area contributed by atoms with Crippen LogP contribution in [0, 0.1) is 5.41 Å². The Morgan fingerprint density at radius 3 is 2.89 bits per heavy atom. The van der Waals surface area contributed by atoms with Crippen LogP contribution in [0.15, 0.2) is 0 Å². The monoisotopic (exact) mass is 282 g/mol. The standard InChI is InChI=1S/C15H26N2OS/c1-5-16-11-9-15(3,4)10-12-14(11)19-13(17-12)7-8-18-6-2/h11,16H,5-10H2,1-4H3. The topological polar surface area (TPSA) is 34.2 Å². The van der Waals surface area contributed by atoms with Crippen LogP contribution in [0.4, 0.5) is 0 Å². The van der Waals surface area contributed by atoms with Gasteiger partial charge in [0.1, 0.15) is 0 Å². The van der Waals surface area contributed by atoms with Crippen LogP contribution in [0.2, 0.25) is 0 Å². The largest absolute Gasteiger partial charge is 0.381 e. The van der Waals surface area contributed by atoms with Crippen LogP contribution in [-0.4, -0.2) is 24.7 Å². The lowest BCUT2D eigenvalue weighted by molar-refractivity contribution is 0.151. The molecule has 1 aromatic heterocycles. The first kappa shape index (κ1) is 14.9. The molecule has 0 fully saturated rings. The summed E-state index contributed by atoms with van der Waals surface area (Å²) in [7, 11) is 0. The molecule has 1 unspecified atom stereocenters. The number of nitrogens with one attached hydrogen (secondary N) is 1. The van der Waals surface area contributed by atoms with Gasteiger partial charge in [-0.15, -0.1) is 11.3 Å². The summed E-state index contributed by atoms with van der Waals surface area (Å²) < 4.78 is 5.44. The molecule has 0 aromatic carbocycles. The molecule has 4 heteroatoms. The lowest BCUT2D eigenvalue weighted by atomic mass is 9.76. The molecule has 3 nitrogen and oxygen atoms in total. The zero-order valence-corrected chi connectivity index (χ0v) is 13.4. The van der Waals surface area contributed by atoms with Gasteiger partial charge >= 0.3 is 0 Å². The molecule has 1 atom stereocenters. The summed E-state index contributed by atoms with van der Waals surface area (Å²) in [5.41, 5.74) is 1.67. The molecule has 2 rings (SSSR count). The first-order valence-electron chi connectivity index (χ1n) is 7.35. The summed E-state index contributed by atoms with van der Waals surface area (Å²) in [6, 6.07) is 0.488. The summed E-state index contributed by atoms with van der Waals surface area (Å²) in [6.07, 6.45) is 3.26. The Labute approximate surface area is 120 Å². The van der Waals surface area contributed by atoms with Crippen molar-refractivity contribution in [1.82, 2.24) is 10.3 Å². The molecule has 0 spiro atoms. The van der Waals surface area contributed by atoms with Crippen molar-refractivity contribution in [2.24, 2.45) is 5.41 Å². The van der Waals surface area contributed by atoms with Crippen molar-refractivity contribution < 1.29 is 4.74 Å². The van der Waals surface area contributed by atoms with E-state index in [0.29, 0.717) is 11.5 Å². The van der Waals surface area contributed by atoms with E-state index < -0.39 is 0 Å². The molecule has 1 aromatic rings. The molecule has 0 saturated carbocycles. The van der Waals surface area contributed by atoms with Crippen LogP contribution < -0.4 is 5.32 Å². The van der Waals surface area contributed by atoms with Gasteiger partial charge in [-0.05, 0) is 31.7 Å². The number of thiazole rings is 1. The molecule has 1 aliphatic carbocycles. The molecule has 1 heterocycles. The molecule has 108 valence electrons. The highest BCUT2D eigenvalue weighted by Gasteiger charge is 2.34. The van der Waals surface area contributed by atoms with Crippen molar-refractivity contribution in [3.05, 3.63) is 15.6 Å². The third kappa shape index (κ3) is 3.77. The quantitative estimate of drug-likeness (QED) is 0.813. The average Bonchev–Trinajstić information content (AvgIpc) is 2.71. The predicted molar refractivity (Wildman–Crippen MR) is 80.8 cm³/mol. The Morgan fingerprint density at radius 2 is 2.21 bits per heavy atom. The first-order valence-corrected chi connectivity index (χ1v) is 8.17. The Bertz CT molecular complexity index is 414. The smallest absolute Gasteiger partial charge is 0.0954 e. The molecular formula is C15H26N2OS. The fourth-order valence-electron chi connectivity index (χ4n) is 2.81. The molecule has 0 radical (unpaired) electrons. The maximum Gasteiger partial charge on any atom is 0.0954 e. The van der Waals surface area contributed by atoms with Gasteiger partial charge in [-0.1, -0.05) is 20.8 Å². The van der Waals surface area contributed by atoms with Crippen LogP contribution in [0.3, 0.4) is 0 Å². The number of nitrogens with zero attached hydrogens (tertiary/aromatic N) is 1. The van der Waals surface area contributed by atoms with Crippen LogP contribution in [0.25, 0.3) is 0 Å². The number of ether oxygens (including phenoxy) is 1. The molecule has 1 N–H and O–H groups in total. The SMILES string of the molecule is CCNC1CC(C)(C)Cc2nc(CCOCC)sc21. The second-order valence-corrected chi connectivity index (χ2v) is 7.14. The third-order valence-electron chi connectivity index (χ3n) is 3.61. The second kappa shape index (κ2) is 6.33.